The Kier molecular flexibility index (Phi) is 4.88. The molecule has 1 saturated carbocycles. The number of para-hydroxylation sites is 1. The van der Waals surface area contributed by atoms with Crippen LogP contribution in [0.4, 0.5) is 11.4 Å². The van der Waals surface area contributed by atoms with E-state index < -0.39 is 0 Å². The van der Waals surface area contributed by atoms with Crippen LogP contribution >= 0.6 is 0 Å². The summed E-state index contributed by atoms with van der Waals surface area (Å²) in [5, 5.41) is 3.39. The highest BCUT2D eigenvalue weighted by Crippen LogP contribution is 2.32. The van der Waals surface area contributed by atoms with Crippen LogP contribution in [0.15, 0.2) is 18.2 Å². The molecule has 1 fully saturated rings. The van der Waals surface area contributed by atoms with E-state index >= 15 is 0 Å². The number of hydrogen-bond donors (Lipinski definition) is 2. The molecule has 4 nitrogen and oxygen atoms in total. The van der Waals surface area contributed by atoms with Crippen molar-refractivity contribution in [1.82, 2.24) is 0 Å². The van der Waals surface area contributed by atoms with Crippen molar-refractivity contribution in [2.75, 3.05) is 24.2 Å². The second kappa shape index (κ2) is 6.64. The van der Waals surface area contributed by atoms with Crippen LogP contribution in [0.3, 0.4) is 0 Å². The lowest BCUT2D eigenvalue weighted by Gasteiger charge is -2.18. The summed E-state index contributed by atoms with van der Waals surface area (Å²) < 4.78 is 5.01. The van der Waals surface area contributed by atoms with Gasteiger partial charge in [0.2, 0.25) is 0 Å². The van der Waals surface area contributed by atoms with Crippen LogP contribution in [-0.2, 0) is 4.74 Å². The fourth-order valence-corrected chi connectivity index (χ4v) is 2.87. The van der Waals surface area contributed by atoms with Gasteiger partial charge < -0.3 is 15.8 Å². The highest BCUT2D eigenvalue weighted by atomic mass is 16.5. The maximum Gasteiger partial charge on any atom is 0.340 e. The molecule has 2 atom stereocenters. The van der Waals surface area contributed by atoms with Gasteiger partial charge in [-0.05, 0) is 37.3 Å². The SMILES string of the molecule is CCOC(=O)c1cccc(NCC2CCCC2C)c1N. The number of hydrogen-bond acceptors (Lipinski definition) is 4. The minimum absolute atomic E-state index is 0.357. The fraction of sp³-hybridized carbons (Fsp3) is 0.562. The van der Waals surface area contributed by atoms with Gasteiger partial charge in [-0.25, -0.2) is 4.79 Å². The number of esters is 1. The maximum atomic E-state index is 11.8. The molecule has 0 saturated heterocycles. The largest absolute Gasteiger partial charge is 0.462 e. The minimum Gasteiger partial charge on any atom is -0.462 e. The Balaban J connectivity index is 2.04. The normalized spacial score (nSPS) is 21.7. The third kappa shape index (κ3) is 3.24. The first-order valence-electron chi connectivity index (χ1n) is 7.43. The Morgan fingerprint density at radius 1 is 1.45 bits per heavy atom. The minimum atomic E-state index is -0.358. The molecule has 110 valence electrons. The highest BCUT2D eigenvalue weighted by Gasteiger charge is 2.23. The second-order valence-electron chi connectivity index (χ2n) is 5.54. The molecule has 0 aromatic heterocycles. The van der Waals surface area contributed by atoms with Crippen molar-refractivity contribution in [2.45, 2.75) is 33.1 Å². The van der Waals surface area contributed by atoms with Crippen molar-refractivity contribution in [3.05, 3.63) is 23.8 Å². The van der Waals surface area contributed by atoms with Crippen LogP contribution in [0, 0.1) is 11.8 Å². The number of nitrogen functional groups attached to an aromatic ring is 1. The van der Waals surface area contributed by atoms with Gasteiger partial charge in [0.15, 0.2) is 0 Å². The summed E-state index contributed by atoms with van der Waals surface area (Å²) in [5.74, 6) is 1.10. The van der Waals surface area contributed by atoms with E-state index in [1.165, 1.54) is 19.3 Å². The van der Waals surface area contributed by atoms with Crippen molar-refractivity contribution < 1.29 is 9.53 Å². The monoisotopic (exact) mass is 276 g/mol. The van der Waals surface area contributed by atoms with Crippen molar-refractivity contribution >= 4 is 17.3 Å². The lowest BCUT2D eigenvalue weighted by atomic mass is 9.98. The van der Waals surface area contributed by atoms with Crippen LogP contribution in [0.5, 0.6) is 0 Å². The molecular weight excluding hydrogens is 252 g/mol. The number of benzene rings is 1. The van der Waals surface area contributed by atoms with Crippen molar-refractivity contribution in [2.24, 2.45) is 11.8 Å². The zero-order valence-electron chi connectivity index (χ0n) is 12.3. The summed E-state index contributed by atoms with van der Waals surface area (Å²) in [6, 6.07) is 5.46. The number of carbonyl (C=O) groups is 1. The Bertz CT molecular complexity index is 474. The zero-order valence-corrected chi connectivity index (χ0v) is 12.3. The molecule has 20 heavy (non-hydrogen) atoms. The molecule has 0 bridgehead atoms. The van der Waals surface area contributed by atoms with Crippen LogP contribution in [0.25, 0.3) is 0 Å². The molecular formula is C16H24N2O2. The molecule has 0 spiro atoms. The smallest absolute Gasteiger partial charge is 0.340 e. The molecule has 1 aliphatic rings. The molecule has 0 aliphatic heterocycles. The van der Waals surface area contributed by atoms with Gasteiger partial charge in [-0.2, -0.15) is 0 Å². The predicted molar refractivity (Wildman–Crippen MR) is 81.8 cm³/mol. The zero-order chi connectivity index (χ0) is 14.5. The third-order valence-corrected chi connectivity index (χ3v) is 4.20. The first-order chi connectivity index (χ1) is 9.63. The van der Waals surface area contributed by atoms with Gasteiger partial charge in [-0.3, -0.25) is 0 Å². The molecule has 0 heterocycles. The Hall–Kier alpha value is -1.71. The second-order valence-corrected chi connectivity index (χ2v) is 5.54. The number of rotatable bonds is 5. The third-order valence-electron chi connectivity index (χ3n) is 4.20. The predicted octanol–water partition coefficient (Wildman–Crippen LogP) is 3.29. The number of nitrogens with two attached hydrogens (primary N) is 1. The van der Waals surface area contributed by atoms with Gasteiger partial charge in [-0.15, -0.1) is 0 Å². The lowest BCUT2D eigenvalue weighted by molar-refractivity contribution is 0.0527. The summed E-state index contributed by atoms with van der Waals surface area (Å²) in [5.41, 5.74) is 7.82. The summed E-state index contributed by atoms with van der Waals surface area (Å²) >= 11 is 0. The Morgan fingerprint density at radius 2 is 2.25 bits per heavy atom. The Morgan fingerprint density at radius 3 is 2.90 bits per heavy atom. The first-order valence-corrected chi connectivity index (χ1v) is 7.43. The van der Waals surface area contributed by atoms with Gasteiger partial charge in [-0.1, -0.05) is 25.8 Å². The summed E-state index contributed by atoms with van der Waals surface area (Å²) in [6.45, 7) is 5.36. The van der Waals surface area contributed by atoms with Gasteiger partial charge in [0.25, 0.3) is 0 Å². The standard InChI is InChI=1S/C16H24N2O2/c1-3-20-16(19)13-8-5-9-14(15(13)17)18-10-12-7-4-6-11(12)2/h5,8-9,11-12,18H,3-4,6-7,10,17H2,1-2H3. The summed E-state index contributed by atoms with van der Waals surface area (Å²) in [4.78, 5) is 11.8. The number of carbonyl (C=O) groups excluding carboxylic acids is 1. The van der Waals surface area contributed by atoms with E-state index in [1.807, 2.05) is 12.1 Å². The van der Waals surface area contributed by atoms with Crippen LogP contribution < -0.4 is 11.1 Å². The van der Waals surface area contributed by atoms with E-state index in [4.69, 9.17) is 10.5 Å². The average molecular weight is 276 g/mol. The molecule has 1 aliphatic carbocycles. The highest BCUT2D eigenvalue weighted by molar-refractivity contribution is 5.98. The van der Waals surface area contributed by atoms with Crippen LogP contribution in [0.2, 0.25) is 0 Å². The lowest BCUT2D eigenvalue weighted by Crippen LogP contribution is -2.18. The summed E-state index contributed by atoms with van der Waals surface area (Å²) in [7, 11) is 0. The van der Waals surface area contributed by atoms with Gasteiger partial charge >= 0.3 is 5.97 Å². The number of anilines is 2. The molecule has 0 radical (unpaired) electrons. The fourth-order valence-electron chi connectivity index (χ4n) is 2.87. The molecule has 1 aromatic rings. The maximum absolute atomic E-state index is 11.8. The summed E-state index contributed by atoms with van der Waals surface area (Å²) in [6.07, 6.45) is 3.89. The Labute approximate surface area is 120 Å². The van der Waals surface area contributed by atoms with Crippen molar-refractivity contribution in [3.63, 3.8) is 0 Å². The van der Waals surface area contributed by atoms with Crippen molar-refractivity contribution in [3.8, 4) is 0 Å². The van der Waals surface area contributed by atoms with Crippen LogP contribution in [0.1, 0.15) is 43.5 Å². The molecule has 1 aromatic carbocycles. The van der Waals surface area contributed by atoms with E-state index in [0.717, 1.165) is 18.2 Å². The van der Waals surface area contributed by atoms with E-state index in [-0.39, 0.29) is 5.97 Å². The molecule has 3 N–H and O–H groups in total. The number of ether oxygens (including phenoxy) is 1. The molecule has 2 rings (SSSR count). The molecule has 0 amide bonds. The molecule has 2 unspecified atom stereocenters. The molecule has 4 heteroatoms. The number of nitrogens with one attached hydrogen (secondary N) is 1. The van der Waals surface area contributed by atoms with Crippen molar-refractivity contribution in [1.29, 1.82) is 0 Å². The van der Waals surface area contributed by atoms with Gasteiger partial charge in [0.05, 0.1) is 23.5 Å². The average Bonchev–Trinajstić information content (AvgIpc) is 2.83. The van der Waals surface area contributed by atoms with E-state index in [2.05, 4.69) is 12.2 Å². The van der Waals surface area contributed by atoms with Gasteiger partial charge in [0.1, 0.15) is 0 Å². The van der Waals surface area contributed by atoms with Gasteiger partial charge in [0, 0.05) is 6.54 Å². The van der Waals surface area contributed by atoms with E-state index in [0.29, 0.717) is 23.8 Å². The van der Waals surface area contributed by atoms with Crippen LogP contribution in [-0.4, -0.2) is 19.1 Å². The quantitative estimate of drug-likeness (QED) is 0.640. The first kappa shape index (κ1) is 14.7. The van der Waals surface area contributed by atoms with E-state index in [9.17, 15) is 4.79 Å². The topological polar surface area (TPSA) is 64.3 Å². The van der Waals surface area contributed by atoms with E-state index in [1.54, 1.807) is 13.0 Å².